The van der Waals surface area contributed by atoms with Crippen LogP contribution in [0.2, 0.25) is 5.15 Å². The van der Waals surface area contributed by atoms with Gasteiger partial charge < -0.3 is 5.32 Å². The van der Waals surface area contributed by atoms with Crippen molar-refractivity contribution in [2.24, 2.45) is 0 Å². The number of benzene rings is 1. The summed E-state index contributed by atoms with van der Waals surface area (Å²) >= 11 is 5.63. The Bertz CT molecular complexity index is 550. The van der Waals surface area contributed by atoms with Crippen LogP contribution in [0.1, 0.15) is 11.1 Å². The summed E-state index contributed by atoms with van der Waals surface area (Å²) in [5.74, 6) is -2.74. The van der Waals surface area contributed by atoms with Crippen LogP contribution in [0.3, 0.4) is 0 Å². The largest absolute Gasteiger partial charge is 0.308 e. The molecule has 0 unspecified atom stereocenters. The van der Waals surface area contributed by atoms with Gasteiger partial charge in [0.1, 0.15) is 22.6 Å². The topological polar surface area (TPSA) is 24.9 Å². The van der Waals surface area contributed by atoms with Gasteiger partial charge >= 0.3 is 0 Å². The maximum absolute atomic E-state index is 13.3. The maximum Gasteiger partial charge on any atom is 0.133 e. The summed E-state index contributed by atoms with van der Waals surface area (Å²) in [4.78, 5) is 3.88. The van der Waals surface area contributed by atoms with Crippen molar-refractivity contribution in [1.82, 2.24) is 10.3 Å². The number of hydrogen-bond acceptors (Lipinski definition) is 2. The van der Waals surface area contributed by atoms with Crippen molar-refractivity contribution < 1.29 is 13.2 Å². The molecule has 2 nitrogen and oxygen atoms in total. The Balaban J connectivity index is 1.98. The summed E-state index contributed by atoms with van der Waals surface area (Å²) in [6.45, 7) is 0.334. The van der Waals surface area contributed by atoms with Crippen molar-refractivity contribution in [3.63, 3.8) is 0 Å². The van der Waals surface area contributed by atoms with Crippen LogP contribution >= 0.6 is 11.6 Å². The molecule has 6 heteroatoms. The molecule has 0 aliphatic carbocycles. The second-order valence-electron chi connectivity index (χ2n) is 3.94. The Morgan fingerprint density at radius 2 is 1.74 bits per heavy atom. The van der Waals surface area contributed by atoms with E-state index in [-0.39, 0.29) is 12.1 Å². The molecule has 100 valence electrons. The van der Waals surface area contributed by atoms with Gasteiger partial charge in [0.05, 0.1) is 0 Å². The van der Waals surface area contributed by atoms with E-state index >= 15 is 0 Å². The number of pyridine rings is 1. The van der Waals surface area contributed by atoms with E-state index in [1.807, 2.05) is 0 Å². The zero-order valence-electron chi connectivity index (χ0n) is 9.76. The SMILES string of the molecule is Fc1cc(F)c(CNCc2ccc(Cl)nc2)c(F)c1. The third-order valence-corrected chi connectivity index (χ3v) is 2.75. The highest BCUT2D eigenvalue weighted by molar-refractivity contribution is 6.29. The fourth-order valence-electron chi connectivity index (χ4n) is 1.58. The van der Waals surface area contributed by atoms with Gasteiger partial charge in [-0.25, -0.2) is 18.2 Å². The van der Waals surface area contributed by atoms with Crippen molar-refractivity contribution in [3.8, 4) is 0 Å². The van der Waals surface area contributed by atoms with Crippen molar-refractivity contribution in [2.75, 3.05) is 0 Å². The van der Waals surface area contributed by atoms with E-state index in [1.165, 1.54) is 0 Å². The molecule has 19 heavy (non-hydrogen) atoms. The fourth-order valence-corrected chi connectivity index (χ4v) is 1.70. The summed E-state index contributed by atoms with van der Waals surface area (Å²) in [5.41, 5.74) is 0.635. The number of nitrogens with zero attached hydrogens (tertiary/aromatic N) is 1. The Morgan fingerprint density at radius 3 is 2.32 bits per heavy atom. The average molecular weight is 287 g/mol. The molecule has 1 N–H and O–H groups in total. The second-order valence-corrected chi connectivity index (χ2v) is 4.33. The lowest BCUT2D eigenvalue weighted by molar-refractivity contribution is 0.510. The van der Waals surface area contributed by atoms with Crippen LogP contribution in [0.25, 0.3) is 0 Å². The number of aromatic nitrogens is 1. The van der Waals surface area contributed by atoms with E-state index in [0.717, 1.165) is 5.56 Å². The lowest BCUT2D eigenvalue weighted by Crippen LogP contribution is -2.15. The molecule has 2 aromatic rings. The molecule has 1 aromatic carbocycles. The highest BCUT2D eigenvalue weighted by atomic mass is 35.5. The first-order chi connectivity index (χ1) is 9.06. The molecule has 0 saturated heterocycles. The predicted molar refractivity (Wildman–Crippen MR) is 66.1 cm³/mol. The van der Waals surface area contributed by atoms with E-state index in [1.54, 1.807) is 18.3 Å². The van der Waals surface area contributed by atoms with Gasteiger partial charge in [0.15, 0.2) is 0 Å². The van der Waals surface area contributed by atoms with Crippen LogP contribution in [0.5, 0.6) is 0 Å². The van der Waals surface area contributed by atoms with Crippen LogP contribution in [-0.2, 0) is 13.1 Å². The summed E-state index contributed by atoms with van der Waals surface area (Å²) in [7, 11) is 0. The number of rotatable bonds is 4. The standard InChI is InChI=1S/C13H10ClF3N2/c14-13-2-1-8(6-19-13)5-18-7-10-11(16)3-9(15)4-12(10)17/h1-4,6,18H,5,7H2. The van der Waals surface area contributed by atoms with Gasteiger partial charge in [-0.05, 0) is 11.6 Å². The van der Waals surface area contributed by atoms with Crippen molar-refractivity contribution in [3.05, 3.63) is 64.2 Å². The molecular formula is C13H10ClF3N2. The van der Waals surface area contributed by atoms with Crippen LogP contribution in [-0.4, -0.2) is 4.98 Å². The number of halogens is 4. The molecule has 2 rings (SSSR count). The molecule has 0 atom stereocenters. The minimum atomic E-state index is -0.930. The van der Waals surface area contributed by atoms with E-state index in [4.69, 9.17) is 11.6 Å². The van der Waals surface area contributed by atoms with Gasteiger partial charge in [0.25, 0.3) is 0 Å². The Labute approximate surface area is 113 Å². The van der Waals surface area contributed by atoms with Crippen molar-refractivity contribution in [2.45, 2.75) is 13.1 Å². The molecule has 0 spiro atoms. The molecule has 0 bridgehead atoms. The van der Waals surface area contributed by atoms with Gasteiger partial charge in [-0.15, -0.1) is 0 Å². The van der Waals surface area contributed by atoms with E-state index in [0.29, 0.717) is 23.8 Å². The monoisotopic (exact) mass is 286 g/mol. The molecular weight excluding hydrogens is 277 g/mol. The molecule has 1 heterocycles. The zero-order valence-corrected chi connectivity index (χ0v) is 10.5. The van der Waals surface area contributed by atoms with Crippen molar-refractivity contribution in [1.29, 1.82) is 0 Å². The van der Waals surface area contributed by atoms with Gasteiger partial charge in [-0.3, -0.25) is 0 Å². The van der Waals surface area contributed by atoms with Gasteiger partial charge in [0.2, 0.25) is 0 Å². The fraction of sp³-hybridized carbons (Fsp3) is 0.154. The van der Waals surface area contributed by atoms with Crippen LogP contribution < -0.4 is 5.32 Å². The predicted octanol–water partition coefficient (Wildman–Crippen LogP) is 3.44. The molecule has 0 amide bonds. The first-order valence-corrected chi connectivity index (χ1v) is 5.88. The summed E-state index contributed by atoms with van der Waals surface area (Å²) in [6.07, 6.45) is 1.56. The summed E-state index contributed by atoms with van der Waals surface area (Å²) in [5, 5.41) is 3.23. The highest BCUT2D eigenvalue weighted by Crippen LogP contribution is 2.14. The van der Waals surface area contributed by atoms with Gasteiger partial charge in [-0.2, -0.15) is 0 Å². The lowest BCUT2D eigenvalue weighted by Gasteiger charge is -2.07. The van der Waals surface area contributed by atoms with Gasteiger partial charge in [0, 0.05) is 37.0 Å². The van der Waals surface area contributed by atoms with Crippen LogP contribution in [0.4, 0.5) is 13.2 Å². The number of nitrogens with one attached hydrogen (secondary N) is 1. The molecule has 0 aliphatic heterocycles. The Morgan fingerprint density at radius 1 is 1.05 bits per heavy atom. The smallest absolute Gasteiger partial charge is 0.133 e. The third-order valence-electron chi connectivity index (χ3n) is 2.53. The molecule has 0 fully saturated rings. The average Bonchev–Trinajstić information content (AvgIpc) is 2.34. The Hall–Kier alpha value is -1.59. The summed E-state index contributed by atoms with van der Waals surface area (Å²) < 4.78 is 39.4. The maximum atomic E-state index is 13.3. The van der Waals surface area contributed by atoms with Crippen molar-refractivity contribution >= 4 is 11.6 Å². The minimum Gasteiger partial charge on any atom is -0.308 e. The Kier molecular flexibility index (Phi) is 4.39. The molecule has 1 aromatic heterocycles. The van der Waals surface area contributed by atoms with E-state index in [9.17, 15) is 13.2 Å². The third kappa shape index (κ3) is 3.68. The van der Waals surface area contributed by atoms with E-state index < -0.39 is 17.5 Å². The minimum absolute atomic E-state index is 0.0411. The quantitative estimate of drug-likeness (QED) is 0.871. The van der Waals surface area contributed by atoms with Gasteiger partial charge in [-0.1, -0.05) is 17.7 Å². The molecule has 0 saturated carbocycles. The van der Waals surface area contributed by atoms with Crippen LogP contribution in [0, 0.1) is 17.5 Å². The molecule has 0 aliphatic rings. The highest BCUT2D eigenvalue weighted by Gasteiger charge is 2.10. The lowest BCUT2D eigenvalue weighted by atomic mass is 10.2. The second kappa shape index (κ2) is 6.04. The normalized spacial score (nSPS) is 10.7. The first kappa shape index (κ1) is 13.8. The molecule has 0 radical (unpaired) electrons. The van der Waals surface area contributed by atoms with E-state index in [2.05, 4.69) is 10.3 Å². The zero-order chi connectivity index (χ0) is 13.8. The summed E-state index contributed by atoms with van der Waals surface area (Å²) in [6, 6.07) is 4.69. The number of hydrogen-bond donors (Lipinski definition) is 1. The van der Waals surface area contributed by atoms with Crippen LogP contribution in [0.15, 0.2) is 30.5 Å². The first-order valence-electron chi connectivity index (χ1n) is 5.51.